The van der Waals surface area contributed by atoms with E-state index in [0.717, 1.165) is 16.8 Å². The molecule has 2 aromatic heterocycles. The van der Waals surface area contributed by atoms with Crippen LogP contribution in [-0.2, 0) is 14.3 Å². The summed E-state index contributed by atoms with van der Waals surface area (Å²) < 4.78 is 7.32. The van der Waals surface area contributed by atoms with Gasteiger partial charge in [-0.1, -0.05) is 17.8 Å². The van der Waals surface area contributed by atoms with E-state index in [1.54, 1.807) is 16.4 Å². The third-order valence-electron chi connectivity index (χ3n) is 5.99. The third-order valence-corrected chi connectivity index (χ3v) is 7.81. The number of fused-ring (bicyclic) bond motifs is 1. The standard InChI is InChI=1S/C24H27N3O4S2/c1-4-31-23(30)17-7-10-26(11-8-17)20(28)14-33-24-25-19-9-12-32-21(19)22(29)27(24)18-6-5-15(2)16(3)13-18/h5-6,9,12-13,17H,4,7-8,10-11,14H2,1-3H3. The van der Waals surface area contributed by atoms with Crippen molar-refractivity contribution in [2.24, 2.45) is 5.92 Å². The molecule has 33 heavy (non-hydrogen) atoms. The van der Waals surface area contributed by atoms with E-state index in [9.17, 15) is 14.4 Å². The molecular weight excluding hydrogens is 458 g/mol. The first-order valence-electron chi connectivity index (χ1n) is 11.0. The molecule has 0 unspecified atom stereocenters. The number of hydrogen-bond donors (Lipinski definition) is 0. The molecule has 0 atom stereocenters. The predicted molar refractivity (Wildman–Crippen MR) is 131 cm³/mol. The van der Waals surface area contributed by atoms with Gasteiger partial charge in [-0.05, 0) is 68.3 Å². The molecular formula is C24H27N3O4S2. The lowest BCUT2D eigenvalue weighted by Gasteiger charge is -2.30. The van der Waals surface area contributed by atoms with Crippen molar-refractivity contribution >= 4 is 45.2 Å². The van der Waals surface area contributed by atoms with Crippen molar-refractivity contribution in [2.75, 3.05) is 25.4 Å². The third kappa shape index (κ3) is 4.99. The molecule has 3 aromatic rings. The highest BCUT2D eigenvalue weighted by atomic mass is 32.2. The molecule has 9 heteroatoms. The molecule has 3 heterocycles. The Morgan fingerprint density at radius 3 is 2.64 bits per heavy atom. The normalized spacial score (nSPS) is 14.6. The maximum absolute atomic E-state index is 13.3. The maximum atomic E-state index is 13.3. The van der Waals surface area contributed by atoms with Crippen LogP contribution in [0.5, 0.6) is 0 Å². The predicted octanol–water partition coefficient (Wildman–Crippen LogP) is 3.96. The maximum Gasteiger partial charge on any atom is 0.309 e. The van der Waals surface area contributed by atoms with Crippen LogP contribution in [0.2, 0.25) is 0 Å². The summed E-state index contributed by atoms with van der Waals surface area (Å²) in [5.74, 6) is -0.158. The van der Waals surface area contributed by atoms with Gasteiger partial charge in [0, 0.05) is 13.1 Å². The quantitative estimate of drug-likeness (QED) is 0.299. The minimum Gasteiger partial charge on any atom is -0.466 e. The van der Waals surface area contributed by atoms with Gasteiger partial charge < -0.3 is 9.64 Å². The van der Waals surface area contributed by atoms with Crippen molar-refractivity contribution in [2.45, 2.75) is 38.8 Å². The van der Waals surface area contributed by atoms with Crippen LogP contribution in [0.25, 0.3) is 15.9 Å². The Balaban J connectivity index is 1.53. The lowest BCUT2D eigenvalue weighted by Crippen LogP contribution is -2.41. The van der Waals surface area contributed by atoms with E-state index in [0.29, 0.717) is 47.9 Å². The first-order valence-corrected chi connectivity index (χ1v) is 12.9. The molecule has 0 aliphatic carbocycles. The van der Waals surface area contributed by atoms with Gasteiger partial charge in [0.05, 0.1) is 29.5 Å². The highest BCUT2D eigenvalue weighted by Crippen LogP contribution is 2.26. The number of piperidine rings is 1. The lowest BCUT2D eigenvalue weighted by molar-refractivity contribution is -0.151. The van der Waals surface area contributed by atoms with E-state index in [1.807, 2.05) is 43.5 Å². The summed E-state index contributed by atoms with van der Waals surface area (Å²) in [6.07, 6.45) is 1.23. The summed E-state index contributed by atoms with van der Waals surface area (Å²) in [4.78, 5) is 44.6. The van der Waals surface area contributed by atoms with Crippen LogP contribution in [0.15, 0.2) is 39.6 Å². The van der Waals surface area contributed by atoms with Gasteiger partial charge in [0.1, 0.15) is 4.70 Å². The van der Waals surface area contributed by atoms with Crippen molar-refractivity contribution in [1.29, 1.82) is 0 Å². The van der Waals surface area contributed by atoms with Crippen LogP contribution in [0.4, 0.5) is 0 Å². The number of benzene rings is 1. The topological polar surface area (TPSA) is 81.5 Å². The number of esters is 1. The van der Waals surface area contributed by atoms with E-state index in [4.69, 9.17) is 9.72 Å². The fraction of sp³-hybridized carbons (Fsp3) is 0.417. The number of amides is 1. The molecule has 7 nitrogen and oxygen atoms in total. The minimum atomic E-state index is -0.176. The highest BCUT2D eigenvalue weighted by Gasteiger charge is 2.28. The molecule has 0 saturated carbocycles. The monoisotopic (exact) mass is 485 g/mol. The van der Waals surface area contributed by atoms with Crippen molar-refractivity contribution in [3.05, 3.63) is 51.1 Å². The number of ether oxygens (including phenoxy) is 1. The largest absolute Gasteiger partial charge is 0.466 e. The molecule has 1 amide bonds. The van der Waals surface area contributed by atoms with E-state index >= 15 is 0 Å². The molecule has 4 rings (SSSR count). The van der Waals surface area contributed by atoms with Gasteiger partial charge >= 0.3 is 5.97 Å². The summed E-state index contributed by atoms with van der Waals surface area (Å²) in [5, 5.41) is 2.36. The molecule has 1 aliphatic rings. The van der Waals surface area contributed by atoms with E-state index in [2.05, 4.69) is 0 Å². The molecule has 0 N–H and O–H groups in total. The Morgan fingerprint density at radius 2 is 1.94 bits per heavy atom. The Morgan fingerprint density at radius 1 is 1.18 bits per heavy atom. The van der Waals surface area contributed by atoms with Crippen LogP contribution in [0, 0.1) is 19.8 Å². The Labute approximate surface area is 200 Å². The van der Waals surface area contributed by atoms with Gasteiger partial charge in [-0.25, -0.2) is 4.98 Å². The van der Waals surface area contributed by atoms with Gasteiger partial charge in [-0.2, -0.15) is 0 Å². The highest BCUT2D eigenvalue weighted by molar-refractivity contribution is 7.99. The molecule has 1 saturated heterocycles. The molecule has 0 bridgehead atoms. The second kappa shape index (κ2) is 10.1. The smallest absolute Gasteiger partial charge is 0.309 e. The first kappa shape index (κ1) is 23.5. The molecule has 1 aromatic carbocycles. The van der Waals surface area contributed by atoms with Gasteiger partial charge in [0.25, 0.3) is 5.56 Å². The Kier molecular flexibility index (Phi) is 7.19. The number of likely N-dealkylation sites (tertiary alicyclic amines) is 1. The number of carbonyl (C=O) groups is 2. The van der Waals surface area contributed by atoms with Crippen LogP contribution in [0.3, 0.4) is 0 Å². The second-order valence-corrected chi connectivity index (χ2v) is 9.99. The van der Waals surface area contributed by atoms with Gasteiger partial charge in [-0.15, -0.1) is 11.3 Å². The number of hydrogen-bond acceptors (Lipinski definition) is 7. The molecule has 0 radical (unpaired) electrons. The number of aromatic nitrogens is 2. The second-order valence-electron chi connectivity index (χ2n) is 8.13. The lowest BCUT2D eigenvalue weighted by atomic mass is 9.97. The van der Waals surface area contributed by atoms with E-state index in [1.165, 1.54) is 23.1 Å². The van der Waals surface area contributed by atoms with Crippen LogP contribution in [0.1, 0.15) is 30.9 Å². The van der Waals surface area contributed by atoms with Crippen molar-refractivity contribution in [3.8, 4) is 5.69 Å². The van der Waals surface area contributed by atoms with Crippen LogP contribution >= 0.6 is 23.1 Å². The number of thioether (sulfide) groups is 1. The summed E-state index contributed by atoms with van der Waals surface area (Å²) in [6.45, 7) is 7.28. The first-order chi connectivity index (χ1) is 15.9. The Bertz CT molecular complexity index is 1240. The van der Waals surface area contributed by atoms with Crippen LogP contribution in [-0.4, -0.2) is 51.8 Å². The van der Waals surface area contributed by atoms with Crippen molar-refractivity contribution in [1.82, 2.24) is 14.5 Å². The average molecular weight is 486 g/mol. The van der Waals surface area contributed by atoms with E-state index in [-0.39, 0.29) is 29.1 Å². The number of nitrogens with zero attached hydrogens (tertiary/aromatic N) is 3. The zero-order valence-corrected chi connectivity index (χ0v) is 20.6. The summed E-state index contributed by atoms with van der Waals surface area (Å²) in [5.41, 5.74) is 3.50. The van der Waals surface area contributed by atoms with Crippen molar-refractivity contribution in [3.63, 3.8) is 0 Å². The summed E-state index contributed by atoms with van der Waals surface area (Å²) in [6, 6.07) is 7.71. The molecule has 1 aliphatic heterocycles. The molecule has 0 spiro atoms. The number of aryl methyl sites for hydroxylation is 2. The zero-order valence-electron chi connectivity index (χ0n) is 19.0. The Hall–Kier alpha value is -2.65. The van der Waals surface area contributed by atoms with Crippen LogP contribution < -0.4 is 5.56 Å². The van der Waals surface area contributed by atoms with E-state index < -0.39 is 0 Å². The number of thiophene rings is 1. The van der Waals surface area contributed by atoms with Gasteiger partial charge in [0.2, 0.25) is 5.91 Å². The fourth-order valence-electron chi connectivity index (χ4n) is 3.92. The summed E-state index contributed by atoms with van der Waals surface area (Å²) in [7, 11) is 0. The average Bonchev–Trinajstić information content (AvgIpc) is 3.29. The minimum absolute atomic E-state index is 0.0198. The SMILES string of the molecule is CCOC(=O)C1CCN(C(=O)CSc2nc3ccsc3c(=O)n2-c2ccc(C)c(C)c2)CC1. The number of rotatable bonds is 6. The molecule has 1 fully saturated rings. The van der Waals surface area contributed by atoms with Crippen molar-refractivity contribution < 1.29 is 14.3 Å². The zero-order chi connectivity index (χ0) is 23.5. The summed E-state index contributed by atoms with van der Waals surface area (Å²) >= 11 is 2.65. The molecule has 174 valence electrons. The number of carbonyl (C=O) groups excluding carboxylic acids is 2. The van der Waals surface area contributed by atoms with Gasteiger partial charge in [-0.3, -0.25) is 19.0 Å². The fourth-order valence-corrected chi connectivity index (χ4v) is 5.60. The van der Waals surface area contributed by atoms with Gasteiger partial charge in [0.15, 0.2) is 5.16 Å².